The Morgan fingerprint density at radius 3 is 2.59 bits per heavy atom. The van der Waals surface area contributed by atoms with E-state index in [4.69, 9.17) is 21.1 Å². The zero-order valence-corrected chi connectivity index (χ0v) is 16.7. The maximum atomic E-state index is 13.0. The van der Waals surface area contributed by atoms with Crippen LogP contribution in [0.5, 0.6) is 11.5 Å². The molecular weight excluding hydrogens is 364 g/mol. The Morgan fingerprint density at radius 2 is 1.89 bits per heavy atom. The molecule has 0 saturated carbocycles. The fraction of sp³-hybridized carbons (Fsp3) is 0.381. The molecule has 0 aromatic heterocycles. The SMILES string of the molecule is COc1cc(C)c(CN[C@H]2CCCN(c3ccccc3Cl)C2=O)cc1OC. The summed E-state index contributed by atoms with van der Waals surface area (Å²) in [4.78, 5) is 14.8. The van der Waals surface area contributed by atoms with Crippen LogP contribution in [0.4, 0.5) is 5.69 Å². The van der Waals surface area contributed by atoms with E-state index in [1.165, 1.54) is 0 Å². The van der Waals surface area contributed by atoms with Crippen molar-refractivity contribution in [3.8, 4) is 11.5 Å². The van der Waals surface area contributed by atoms with Crippen molar-refractivity contribution in [2.24, 2.45) is 0 Å². The number of hydrogen-bond donors (Lipinski definition) is 1. The van der Waals surface area contributed by atoms with Gasteiger partial charge in [0, 0.05) is 13.1 Å². The average Bonchev–Trinajstić information content (AvgIpc) is 2.68. The van der Waals surface area contributed by atoms with Crippen molar-refractivity contribution in [3.05, 3.63) is 52.5 Å². The maximum absolute atomic E-state index is 13.0. The first-order valence-electron chi connectivity index (χ1n) is 9.06. The van der Waals surface area contributed by atoms with Gasteiger partial charge in [-0.1, -0.05) is 23.7 Å². The number of aryl methyl sites for hydroxylation is 1. The lowest BCUT2D eigenvalue weighted by Gasteiger charge is -2.33. The summed E-state index contributed by atoms with van der Waals surface area (Å²) in [7, 11) is 3.25. The van der Waals surface area contributed by atoms with E-state index in [1.54, 1.807) is 19.1 Å². The van der Waals surface area contributed by atoms with Gasteiger partial charge in [-0.15, -0.1) is 0 Å². The van der Waals surface area contributed by atoms with E-state index < -0.39 is 0 Å². The minimum Gasteiger partial charge on any atom is -0.493 e. The van der Waals surface area contributed by atoms with Crippen LogP contribution in [0, 0.1) is 6.92 Å². The predicted octanol–water partition coefficient (Wildman–Crippen LogP) is 3.95. The van der Waals surface area contributed by atoms with E-state index in [1.807, 2.05) is 43.3 Å². The van der Waals surface area contributed by atoms with Gasteiger partial charge in [-0.2, -0.15) is 0 Å². The minimum atomic E-state index is -0.234. The van der Waals surface area contributed by atoms with Crippen LogP contribution in [0.3, 0.4) is 0 Å². The molecule has 1 amide bonds. The Hall–Kier alpha value is -2.24. The molecule has 1 fully saturated rings. The highest BCUT2D eigenvalue weighted by Gasteiger charge is 2.30. The first-order chi connectivity index (χ1) is 13.0. The zero-order chi connectivity index (χ0) is 19.4. The van der Waals surface area contributed by atoms with Gasteiger partial charge in [-0.25, -0.2) is 0 Å². The predicted molar refractivity (Wildman–Crippen MR) is 108 cm³/mol. The van der Waals surface area contributed by atoms with Crippen LogP contribution in [0.1, 0.15) is 24.0 Å². The van der Waals surface area contributed by atoms with Crippen LogP contribution in [-0.2, 0) is 11.3 Å². The topological polar surface area (TPSA) is 50.8 Å². The van der Waals surface area contributed by atoms with E-state index in [0.29, 0.717) is 29.6 Å². The third-order valence-electron chi connectivity index (χ3n) is 4.96. The largest absolute Gasteiger partial charge is 0.493 e. The number of methoxy groups -OCH3 is 2. The van der Waals surface area contributed by atoms with Crippen LogP contribution >= 0.6 is 11.6 Å². The molecule has 0 radical (unpaired) electrons. The van der Waals surface area contributed by atoms with Crippen LogP contribution in [0.15, 0.2) is 36.4 Å². The monoisotopic (exact) mass is 388 g/mol. The van der Waals surface area contributed by atoms with Crippen molar-refractivity contribution in [1.82, 2.24) is 5.32 Å². The van der Waals surface area contributed by atoms with Crippen molar-refractivity contribution >= 4 is 23.2 Å². The number of carbonyl (C=O) groups excluding carboxylic acids is 1. The molecular formula is C21H25ClN2O3. The normalized spacial score (nSPS) is 17.1. The minimum absolute atomic E-state index is 0.0625. The maximum Gasteiger partial charge on any atom is 0.244 e. The Kier molecular flexibility index (Phi) is 6.24. The molecule has 2 aromatic rings. The number of piperidine rings is 1. The summed E-state index contributed by atoms with van der Waals surface area (Å²) >= 11 is 6.29. The fourth-order valence-electron chi connectivity index (χ4n) is 3.42. The molecule has 3 rings (SSSR count). The Balaban J connectivity index is 1.73. The molecule has 0 aliphatic carbocycles. The van der Waals surface area contributed by atoms with E-state index in [-0.39, 0.29) is 11.9 Å². The fourth-order valence-corrected chi connectivity index (χ4v) is 3.66. The third kappa shape index (κ3) is 4.20. The molecule has 1 N–H and O–H groups in total. The summed E-state index contributed by atoms with van der Waals surface area (Å²) in [6.07, 6.45) is 1.74. The highest BCUT2D eigenvalue weighted by atomic mass is 35.5. The molecule has 1 saturated heterocycles. The lowest BCUT2D eigenvalue weighted by Crippen LogP contribution is -2.50. The molecule has 5 nitrogen and oxygen atoms in total. The molecule has 2 aromatic carbocycles. The number of para-hydroxylation sites is 1. The second-order valence-electron chi connectivity index (χ2n) is 6.65. The van der Waals surface area contributed by atoms with Crippen LogP contribution in [0.2, 0.25) is 5.02 Å². The number of halogens is 1. The van der Waals surface area contributed by atoms with Gasteiger partial charge in [0.25, 0.3) is 0 Å². The molecule has 1 aliphatic rings. The van der Waals surface area contributed by atoms with Crippen LogP contribution in [0.25, 0.3) is 0 Å². The number of ether oxygens (including phenoxy) is 2. The van der Waals surface area contributed by atoms with E-state index in [9.17, 15) is 4.79 Å². The summed E-state index contributed by atoms with van der Waals surface area (Å²) in [5.41, 5.74) is 2.94. The molecule has 1 heterocycles. The molecule has 27 heavy (non-hydrogen) atoms. The summed E-state index contributed by atoms with van der Waals surface area (Å²) in [6.45, 7) is 3.30. The number of anilines is 1. The quantitative estimate of drug-likeness (QED) is 0.814. The van der Waals surface area contributed by atoms with E-state index >= 15 is 0 Å². The molecule has 0 spiro atoms. The van der Waals surface area contributed by atoms with Crippen LogP contribution < -0.4 is 19.7 Å². The Labute approximate surface area is 165 Å². The van der Waals surface area contributed by atoms with Crippen molar-refractivity contribution in [3.63, 3.8) is 0 Å². The van der Waals surface area contributed by atoms with Gasteiger partial charge in [0.05, 0.1) is 31.0 Å². The number of amides is 1. The van der Waals surface area contributed by atoms with Crippen molar-refractivity contribution in [2.45, 2.75) is 32.4 Å². The lowest BCUT2D eigenvalue weighted by atomic mass is 10.0. The van der Waals surface area contributed by atoms with Gasteiger partial charge < -0.3 is 19.7 Å². The second kappa shape index (κ2) is 8.63. The summed E-state index contributed by atoms with van der Waals surface area (Å²) < 4.78 is 10.7. The van der Waals surface area contributed by atoms with Gasteiger partial charge in [-0.05, 0) is 55.2 Å². The molecule has 1 atom stereocenters. The molecule has 6 heteroatoms. The third-order valence-corrected chi connectivity index (χ3v) is 5.28. The van der Waals surface area contributed by atoms with Gasteiger partial charge in [-0.3, -0.25) is 4.79 Å². The average molecular weight is 389 g/mol. The number of benzene rings is 2. The molecule has 1 aliphatic heterocycles. The smallest absolute Gasteiger partial charge is 0.244 e. The van der Waals surface area contributed by atoms with E-state index in [0.717, 1.165) is 29.7 Å². The van der Waals surface area contributed by atoms with Gasteiger partial charge >= 0.3 is 0 Å². The Bertz CT molecular complexity index is 825. The standard InChI is InChI=1S/C21H25ClN2O3/c1-14-11-19(26-2)20(27-3)12-15(14)13-23-17-8-6-10-24(21(17)25)18-9-5-4-7-16(18)22/h4-5,7,9,11-12,17,23H,6,8,10,13H2,1-3H3/t17-/m0/s1. The summed E-state index contributed by atoms with van der Waals surface area (Å²) in [5.74, 6) is 1.46. The van der Waals surface area contributed by atoms with Crippen molar-refractivity contribution < 1.29 is 14.3 Å². The second-order valence-corrected chi connectivity index (χ2v) is 7.06. The lowest BCUT2D eigenvalue weighted by molar-refractivity contribution is -0.121. The highest BCUT2D eigenvalue weighted by molar-refractivity contribution is 6.33. The first-order valence-corrected chi connectivity index (χ1v) is 9.43. The number of hydrogen-bond acceptors (Lipinski definition) is 4. The molecule has 0 bridgehead atoms. The highest BCUT2D eigenvalue weighted by Crippen LogP contribution is 2.31. The zero-order valence-electron chi connectivity index (χ0n) is 15.9. The first kappa shape index (κ1) is 19.5. The number of nitrogens with zero attached hydrogens (tertiary/aromatic N) is 1. The van der Waals surface area contributed by atoms with E-state index in [2.05, 4.69) is 5.32 Å². The number of carbonyl (C=O) groups is 1. The van der Waals surface area contributed by atoms with Crippen LogP contribution in [-0.4, -0.2) is 32.7 Å². The summed E-state index contributed by atoms with van der Waals surface area (Å²) in [5, 5.41) is 4.01. The Morgan fingerprint density at radius 1 is 1.19 bits per heavy atom. The van der Waals surface area contributed by atoms with Gasteiger partial charge in [0.2, 0.25) is 5.91 Å². The number of nitrogens with one attached hydrogen (secondary N) is 1. The molecule has 0 unspecified atom stereocenters. The van der Waals surface area contributed by atoms with Crippen molar-refractivity contribution in [1.29, 1.82) is 0 Å². The number of rotatable bonds is 6. The summed E-state index contributed by atoms with van der Waals surface area (Å²) in [6, 6.07) is 11.2. The van der Waals surface area contributed by atoms with Gasteiger partial charge in [0.1, 0.15) is 0 Å². The molecule has 144 valence electrons. The van der Waals surface area contributed by atoms with Crippen molar-refractivity contribution in [2.75, 3.05) is 25.7 Å². The van der Waals surface area contributed by atoms with Gasteiger partial charge in [0.15, 0.2) is 11.5 Å².